The molecule has 0 aliphatic rings. The lowest BCUT2D eigenvalue weighted by atomic mass is 9.94. The fraction of sp³-hybridized carbons (Fsp3) is 0.333. The number of rotatable bonds is 0. The summed E-state index contributed by atoms with van der Waals surface area (Å²) in [7, 11) is 0. The van der Waals surface area contributed by atoms with Gasteiger partial charge in [0.1, 0.15) is 0 Å². The zero-order chi connectivity index (χ0) is 11.2. The Bertz CT molecular complexity index is 528. The molecule has 0 N–H and O–H groups in total. The minimum absolute atomic E-state index is 1.37. The van der Waals surface area contributed by atoms with Crippen molar-refractivity contribution >= 4 is 10.8 Å². The lowest BCUT2D eigenvalue weighted by molar-refractivity contribution is 1.28. The normalized spacial score (nSPS) is 11.0. The summed E-state index contributed by atoms with van der Waals surface area (Å²) in [5, 5.41) is 2.78. The molecule has 0 nitrogen and oxygen atoms in total. The Labute approximate surface area is 91.9 Å². The van der Waals surface area contributed by atoms with Crippen LogP contribution in [0.25, 0.3) is 10.8 Å². The lowest BCUT2D eigenvalue weighted by Gasteiger charge is -2.11. The molecule has 15 heavy (non-hydrogen) atoms. The van der Waals surface area contributed by atoms with Crippen LogP contribution in [0, 0.1) is 34.6 Å². The van der Waals surface area contributed by atoms with Crippen LogP contribution < -0.4 is 0 Å². The van der Waals surface area contributed by atoms with Crippen molar-refractivity contribution in [1.82, 2.24) is 0 Å². The first kappa shape index (κ1) is 10.2. The standard InChI is InChI=1S/C15H18/c1-9-6-14-7-11(3)12(4)13(5)15(14)8-10(9)2/h6-8H,1-5H3. The van der Waals surface area contributed by atoms with Crippen molar-refractivity contribution in [3.8, 4) is 0 Å². The molecule has 2 aromatic carbocycles. The van der Waals surface area contributed by atoms with Crippen molar-refractivity contribution in [1.29, 1.82) is 0 Å². The van der Waals surface area contributed by atoms with E-state index < -0.39 is 0 Å². The van der Waals surface area contributed by atoms with Crippen molar-refractivity contribution in [2.24, 2.45) is 0 Å². The third-order valence-electron chi connectivity index (χ3n) is 3.60. The second-order valence-corrected chi connectivity index (χ2v) is 4.60. The summed E-state index contributed by atoms with van der Waals surface area (Å²) < 4.78 is 0. The predicted octanol–water partition coefficient (Wildman–Crippen LogP) is 4.38. The number of benzene rings is 2. The maximum absolute atomic E-state index is 2.31. The van der Waals surface area contributed by atoms with Gasteiger partial charge in [-0.25, -0.2) is 0 Å². The summed E-state index contributed by atoms with van der Waals surface area (Å²) in [6.45, 7) is 11.0. The Hall–Kier alpha value is -1.30. The average Bonchev–Trinajstić information content (AvgIpc) is 2.19. The maximum atomic E-state index is 2.31. The van der Waals surface area contributed by atoms with E-state index in [1.165, 1.54) is 38.6 Å². The highest BCUT2D eigenvalue weighted by atomic mass is 14.1. The van der Waals surface area contributed by atoms with Crippen LogP contribution in [0.15, 0.2) is 18.2 Å². The molecule has 0 radical (unpaired) electrons. The molecule has 0 aromatic heterocycles. The van der Waals surface area contributed by atoms with Gasteiger partial charge in [0.05, 0.1) is 0 Å². The summed E-state index contributed by atoms with van der Waals surface area (Å²) in [6, 6.07) is 6.90. The molecule has 0 amide bonds. The summed E-state index contributed by atoms with van der Waals surface area (Å²) >= 11 is 0. The van der Waals surface area contributed by atoms with Gasteiger partial charge < -0.3 is 0 Å². The van der Waals surface area contributed by atoms with Crippen molar-refractivity contribution in [3.63, 3.8) is 0 Å². The first-order chi connectivity index (χ1) is 7.00. The van der Waals surface area contributed by atoms with E-state index in [1.54, 1.807) is 0 Å². The van der Waals surface area contributed by atoms with Gasteiger partial charge in [0.25, 0.3) is 0 Å². The Kier molecular flexibility index (Phi) is 2.30. The second-order valence-electron chi connectivity index (χ2n) is 4.60. The van der Waals surface area contributed by atoms with Crippen LogP contribution in [0.2, 0.25) is 0 Å². The van der Waals surface area contributed by atoms with Crippen LogP contribution in [0.5, 0.6) is 0 Å². The highest BCUT2D eigenvalue weighted by Crippen LogP contribution is 2.27. The van der Waals surface area contributed by atoms with Gasteiger partial charge in [-0.05, 0) is 73.2 Å². The molecular weight excluding hydrogens is 180 g/mol. The second kappa shape index (κ2) is 3.37. The summed E-state index contributed by atoms with van der Waals surface area (Å²) in [5.74, 6) is 0. The zero-order valence-electron chi connectivity index (χ0n) is 10.2. The van der Waals surface area contributed by atoms with Crippen LogP contribution in [0.3, 0.4) is 0 Å². The first-order valence-corrected chi connectivity index (χ1v) is 5.48. The molecule has 0 aliphatic heterocycles. The van der Waals surface area contributed by atoms with Crippen molar-refractivity contribution in [2.45, 2.75) is 34.6 Å². The molecule has 0 aliphatic carbocycles. The Morgan fingerprint density at radius 2 is 1.13 bits per heavy atom. The minimum Gasteiger partial charge on any atom is -0.0512 e. The van der Waals surface area contributed by atoms with Gasteiger partial charge in [-0.2, -0.15) is 0 Å². The van der Waals surface area contributed by atoms with Crippen molar-refractivity contribution in [2.75, 3.05) is 0 Å². The van der Waals surface area contributed by atoms with Gasteiger partial charge in [0.2, 0.25) is 0 Å². The largest absolute Gasteiger partial charge is 0.0512 e. The minimum atomic E-state index is 1.37. The summed E-state index contributed by atoms with van der Waals surface area (Å²) in [6.07, 6.45) is 0. The number of fused-ring (bicyclic) bond motifs is 1. The van der Waals surface area contributed by atoms with Gasteiger partial charge in [0, 0.05) is 0 Å². The molecule has 0 heterocycles. The summed E-state index contributed by atoms with van der Waals surface area (Å²) in [5.41, 5.74) is 7.00. The Balaban J connectivity index is 2.93. The van der Waals surface area contributed by atoms with E-state index in [1.807, 2.05) is 0 Å². The van der Waals surface area contributed by atoms with Crippen LogP contribution in [0.1, 0.15) is 27.8 Å². The quantitative estimate of drug-likeness (QED) is 0.589. The number of aryl methyl sites for hydroxylation is 4. The van der Waals surface area contributed by atoms with Gasteiger partial charge >= 0.3 is 0 Å². The molecule has 0 atom stereocenters. The van der Waals surface area contributed by atoms with Crippen LogP contribution in [0.4, 0.5) is 0 Å². The molecule has 2 aromatic rings. The fourth-order valence-electron chi connectivity index (χ4n) is 2.12. The Morgan fingerprint density at radius 1 is 0.600 bits per heavy atom. The molecule has 0 spiro atoms. The van der Waals surface area contributed by atoms with E-state index in [0.29, 0.717) is 0 Å². The zero-order valence-corrected chi connectivity index (χ0v) is 10.2. The number of hydrogen-bond acceptors (Lipinski definition) is 0. The molecule has 0 saturated carbocycles. The molecule has 0 saturated heterocycles. The van der Waals surface area contributed by atoms with E-state index in [0.717, 1.165) is 0 Å². The molecule has 0 bridgehead atoms. The van der Waals surface area contributed by atoms with E-state index in [4.69, 9.17) is 0 Å². The van der Waals surface area contributed by atoms with Crippen LogP contribution in [-0.2, 0) is 0 Å². The summed E-state index contributed by atoms with van der Waals surface area (Å²) in [4.78, 5) is 0. The van der Waals surface area contributed by atoms with Gasteiger partial charge in [-0.3, -0.25) is 0 Å². The third kappa shape index (κ3) is 1.54. The molecule has 0 unspecified atom stereocenters. The van der Waals surface area contributed by atoms with Crippen molar-refractivity contribution < 1.29 is 0 Å². The van der Waals surface area contributed by atoms with Gasteiger partial charge in [0.15, 0.2) is 0 Å². The SMILES string of the molecule is Cc1cc2cc(C)c(C)c(C)c2cc1C. The monoisotopic (exact) mass is 198 g/mol. The fourth-order valence-corrected chi connectivity index (χ4v) is 2.12. The first-order valence-electron chi connectivity index (χ1n) is 5.48. The van der Waals surface area contributed by atoms with E-state index in [9.17, 15) is 0 Å². The van der Waals surface area contributed by atoms with E-state index in [2.05, 4.69) is 52.8 Å². The van der Waals surface area contributed by atoms with Crippen LogP contribution in [-0.4, -0.2) is 0 Å². The predicted molar refractivity (Wildman–Crippen MR) is 67.6 cm³/mol. The lowest BCUT2D eigenvalue weighted by Crippen LogP contribution is -1.91. The highest BCUT2D eigenvalue weighted by Gasteiger charge is 2.05. The number of hydrogen-bond donors (Lipinski definition) is 0. The topological polar surface area (TPSA) is 0 Å². The third-order valence-corrected chi connectivity index (χ3v) is 3.60. The van der Waals surface area contributed by atoms with Gasteiger partial charge in [-0.15, -0.1) is 0 Å². The Morgan fingerprint density at radius 3 is 1.80 bits per heavy atom. The molecule has 0 fully saturated rings. The molecular formula is C15H18. The molecule has 2 rings (SSSR count). The molecule has 78 valence electrons. The van der Waals surface area contributed by atoms with E-state index in [-0.39, 0.29) is 0 Å². The highest BCUT2D eigenvalue weighted by molar-refractivity contribution is 5.88. The van der Waals surface area contributed by atoms with E-state index >= 15 is 0 Å². The average molecular weight is 198 g/mol. The van der Waals surface area contributed by atoms with Crippen LogP contribution >= 0.6 is 0 Å². The van der Waals surface area contributed by atoms with Crippen molar-refractivity contribution in [3.05, 3.63) is 46.0 Å². The smallest absolute Gasteiger partial charge is 0.0149 e. The molecule has 0 heteroatoms. The van der Waals surface area contributed by atoms with Gasteiger partial charge in [-0.1, -0.05) is 18.2 Å². The maximum Gasteiger partial charge on any atom is -0.0149 e.